The molecule has 0 aromatic heterocycles. The number of carboxylic acids is 1. The average molecular weight is 1100 g/mol. The zero-order chi connectivity index (χ0) is 54.6. The summed E-state index contributed by atoms with van der Waals surface area (Å²) in [5.41, 5.74) is 0. The molecule has 15 unspecified atom stereocenters. The summed E-state index contributed by atoms with van der Waals surface area (Å²) >= 11 is 4.01. The molecule has 2 amide bonds. The highest BCUT2D eigenvalue weighted by atomic mass is 32.1. The van der Waals surface area contributed by atoms with Crippen LogP contribution in [-0.4, -0.2) is 306 Å². The molecular formula is C42H72N2O29S. The highest BCUT2D eigenvalue weighted by molar-refractivity contribution is 7.80. The molecule has 5 saturated heterocycles. The highest BCUT2D eigenvalue weighted by Gasteiger charge is 2.57. The predicted octanol–water partition coefficient (Wildman–Crippen LogP) is -10.0. The molecule has 0 bridgehead atoms. The molecule has 74 heavy (non-hydrogen) atoms. The lowest BCUT2D eigenvalue weighted by molar-refractivity contribution is -0.389. The lowest BCUT2D eigenvalue weighted by Gasteiger charge is -2.50. The first-order valence-electron chi connectivity index (χ1n) is 23.9. The molecule has 0 aromatic carbocycles. The Morgan fingerprint density at radius 3 is 1.45 bits per heavy atom. The number of hydrogen-bond donors (Lipinski definition) is 18. The minimum atomic E-state index is -2.20. The molecule has 25 atom stereocenters. The van der Waals surface area contributed by atoms with Crippen LogP contribution in [0.2, 0.25) is 0 Å². The molecule has 0 aliphatic carbocycles. The second kappa shape index (κ2) is 29.7. The van der Waals surface area contributed by atoms with E-state index in [9.17, 15) is 85.9 Å². The summed E-state index contributed by atoms with van der Waals surface area (Å²) in [6.07, 6.45) is -42.5. The summed E-state index contributed by atoms with van der Waals surface area (Å²) in [6, 6.07) is -1.74. The van der Waals surface area contributed by atoms with Crippen molar-refractivity contribution in [2.45, 2.75) is 186 Å². The molecule has 430 valence electrons. The molecular weight excluding hydrogens is 1030 g/mol. The maximum Gasteiger partial charge on any atom is 0.329 e. The maximum absolute atomic E-state index is 12.6. The summed E-state index contributed by atoms with van der Waals surface area (Å²) in [5, 5.41) is 166. The number of unbranched alkanes of at least 4 members (excludes halogenated alkanes) is 2. The van der Waals surface area contributed by atoms with Crippen molar-refractivity contribution >= 4 is 30.4 Å². The number of aliphatic carboxylic acids is 1. The minimum absolute atomic E-state index is 0.0230. The SMILES string of the molecule is CC(=O)NC1C(O[C@@H]2OC(CO)[C@H](O)C(OCC(=O)O)C2O)[C@@H](O)C(CO)O[C@H]1OC1C(O)[C@@H](O[C@H]2C(CO)O[C@@H](OC3C(O)[C@H](OCCCCCNC(=O)CCS)OC(CO)[C@@H]3O)C(O)C2O)OC(CO)[C@@H]1O. The summed E-state index contributed by atoms with van der Waals surface area (Å²) in [4.78, 5) is 35.5. The maximum atomic E-state index is 12.6. The van der Waals surface area contributed by atoms with Gasteiger partial charge in [0.2, 0.25) is 11.8 Å². The van der Waals surface area contributed by atoms with Crippen molar-refractivity contribution in [3.63, 3.8) is 0 Å². The number of carbonyl (C=O) groups is 3. The van der Waals surface area contributed by atoms with Crippen LogP contribution in [-0.2, 0) is 66.5 Å². The van der Waals surface area contributed by atoms with E-state index in [4.69, 9.17) is 57.2 Å². The van der Waals surface area contributed by atoms with Gasteiger partial charge in [-0.2, -0.15) is 12.6 Å². The Labute approximate surface area is 428 Å². The van der Waals surface area contributed by atoms with Crippen LogP contribution in [0, 0.1) is 0 Å². The standard InChI is InChI=1S/C42H72N2O29S/c1-15(50)44-23-34(71-41-30(60)35(64-14-22(52)53)25(55)17(10-46)67-41)24(54)16(9-45)65-38(23)72-37-27(57)19(12-48)68-42(32(37)62)70-33-20(13-49)69-40(29(59)28(33)58)73-36-26(56)18(11-47)66-39(31(36)61)63-7-4-2-3-6-43-21(51)5-8-74/h16-20,23-42,45-49,54-62,74H,2-14H2,1H3,(H,43,51)(H,44,50)(H,52,53)/t16?,17?,18?,19?,20?,23?,24-,25-,26-,27-,28?,29?,30?,31?,32?,33-,34?,35?,36?,37?,38-,39+,40-,41-,42+/m0/s1. The predicted molar refractivity (Wildman–Crippen MR) is 239 cm³/mol. The van der Waals surface area contributed by atoms with E-state index in [1.54, 1.807) is 0 Å². The van der Waals surface area contributed by atoms with E-state index in [1.165, 1.54) is 0 Å². The second-order valence-electron chi connectivity index (χ2n) is 18.1. The number of carbonyl (C=O) groups excluding carboxylic acids is 2. The molecule has 0 aromatic rings. The Bertz CT molecular complexity index is 1720. The van der Waals surface area contributed by atoms with Crippen LogP contribution in [0.3, 0.4) is 0 Å². The molecule has 5 rings (SSSR count). The van der Waals surface area contributed by atoms with Crippen molar-refractivity contribution in [3.8, 4) is 0 Å². The van der Waals surface area contributed by atoms with Crippen molar-refractivity contribution in [2.24, 2.45) is 0 Å². The molecule has 5 fully saturated rings. The first-order chi connectivity index (χ1) is 35.2. The molecule has 0 radical (unpaired) electrons. The molecule has 0 saturated carbocycles. The lowest BCUT2D eigenvalue weighted by Crippen LogP contribution is -2.70. The smallest absolute Gasteiger partial charge is 0.329 e. The van der Waals surface area contributed by atoms with Gasteiger partial charge in [0.05, 0.1) is 33.0 Å². The van der Waals surface area contributed by atoms with Crippen LogP contribution in [0.5, 0.6) is 0 Å². The molecule has 5 aliphatic rings. The van der Waals surface area contributed by atoms with Gasteiger partial charge in [-0.1, -0.05) is 0 Å². The summed E-state index contributed by atoms with van der Waals surface area (Å²) in [7, 11) is 0. The number of nitrogens with one attached hydrogen (secondary N) is 2. The van der Waals surface area contributed by atoms with Gasteiger partial charge in [0.15, 0.2) is 31.5 Å². The topological polar surface area (TPSA) is 480 Å². The van der Waals surface area contributed by atoms with Gasteiger partial charge in [0.1, 0.15) is 129 Å². The fourth-order valence-corrected chi connectivity index (χ4v) is 9.12. The van der Waals surface area contributed by atoms with Crippen LogP contribution in [0.15, 0.2) is 0 Å². The van der Waals surface area contributed by atoms with E-state index in [1.807, 2.05) is 0 Å². The van der Waals surface area contributed by atoms with Gasteiger partial charge in [0, 0.05) is 26.5 Å². The number of thiol groups is 1. The molecule has 0 spiro atoms. The number of aliphatic hydroxyl groups is 14. The molecule has 32 heteroatoms. The third kappa shape index (κ3) is 15.5. The molecule has 17 N–H and O–H groups in total. The van der Waals surface area contributed by atoms with Crippen LogP contribution in [0.25, 0.3) is 0 Å². The quantitative estimate of drug-likeness (QED) is 0.0282. The largest absolute Gasteiger partial charge is 0.480 e. The van der Waals surface area contributed by atoms with E-state index in [-0.39, 0.29) is 18.9 Å². The third-order valence-electron chi connectivity index (χ3n) is 12.8. The van der Waals surface area contributed by atoms with Crippen molar-refractivity contribution in [1.82, 2.24) is 10.6 Å². The first kappa shape index (κ1) is 62.6. The van der Waals surface area contributed by atoms with Gasteiger partial charge in [-0.05, 0) is 25.0 Å². The fourth-order valence-electron chi connectivity index (χ4n) is 8.92. The van der Waals surface area contributed by atoms with E-state index in [0.717, 1.165) is 6.92 Å². The molecule has 5 heterocycles. The Hall–Kier alpha value is -2.24. The van der Waals surface area contributed by atoms with Gasteiger partial charge in [-0.25, -0.2) is 4.79 Å². The van der Waals surface area contributed by atoms with Gasteiger partial charge in [-0.3, -0.25) is 9.59 Å². The Kier molecular flexibility index (Phi) is 25.1. The zero-order valence-electron chi connectivity index (χ0n) is 40.0. The Morgan fingerprint density at radius 1 is 0.486 bits per heavy atom. The van der Waals surface area contributed by atoms with Crippen molar-refractivity contribution < 1.29 is 143 Å². The van der Waals surface area contributed by atoms with E-state index >= 15 is 0 Å². The number of carboxylic acid groups (broad SMARTS) is 1. The first-order valence-corrected chi connectivity index (χ1v) is 24.5. The second-order valence-corrected chi connectivity index (χ2v) is 18.5. The summed E-state index contributed by atoms with van der Waals surface area (Å²) in [5.74, 6) is -2.08. The molecule has 31 nitrogen and oxygen atoms in total. The normalized spacial score (nSPS) is 42.9. The Balaban J connectivity index is 1.29. The van der Waals surface area contributed by atoms with E-state index < -0.39 is 205 Å². The van der Waals surface area contributed by atoms with Gasteiger partial charge < -0.3 is 139 Å². The lowest BCUT2D eigenvalue weighted by atomic mass is 9.94. The number of hydrogen-bond acceptors (Lipinski definition) is 29. The fraction of sp³-hybridized carbons (Fsp3) is 0.929. The summed E-state index contributed by atoms with van der Waals surface area (Å²) in [6.45, 7) is -4.29. The number of aliphatic hydroxyl groups excluding tert-OH is 14. The van der Waals surface area contributed by atoms with Crippen LogP contribution >= 0.6 is 12.6 Å². The highest BCUT2D eigenvalue weighted by Crippen LogP contribution is 2.36. The minimum Gasteiger partial charge on any atom is -0.480 e. The summed E-state index contributed by atoms with van der Waals surface area (Å²) < 4.78 is 62.5. The average Bonchev–Trinajstić information content (AvgIpc) is 3.36. The van der Waals surface area contributed by atoms with Crippen LogP contribution in [0.4, 0.5) is 0 Å². The van der Waals surface area contributed by atoms with Gasteiger partial charge in [-0.15, -0.1) is 0 Å². The number of rotatable bonds is 26. The van der Waals surface area contributed by atoms with Crippen molar-refractivity contribution in [3.05, 3.63) is 0 Å². The molecule has 5 aliphatic heterocycles. The Morgan fingerprint density at radius 2 is 0.919 bits per heavy atom. The third-order valence-corrected chi connectivity index (χ3v) is 13.1. The van der Waals surface area contributed by atoms with Crippen LogP contribution in [0.1, 0.15) is 32.6 Å². The number of ether oxygens (including phenoxy) is 11. The van der Waals surface area contributed by atoms with Crippen LogP contribution < -0.4 is 10.6 Å². The monoisotopic (exact) mass is 1100 g/mol. The van der Waals surface area contributed by atoms with E-state index in [2.05, 4.69) is 23.3 Å². The van der Waals surface area contributed by atoms with Crippen molar-refractivity contribution in [2.75, 3.05) is 58.5 Å². The van der Waals surface area contributed by atoms with E-state index in [0.29, 0.717) is 31.6 Å². The van der Waals surface area contributed by atoms with Gasteiger partial charge in [0.25, 0.3) is 0 Å². The van der Waals surface area contributed by atoms with Gasteiger partial charge >= 0.3 is 5.97 Å². The number of amides is 2. The zero-order valence-corrected chi connectivity index (χ0v) is 40.9. The van der Waals surface area contributed by atoms with Crippen molar-refractivity contribution in [1.29, 1.82) is 0 Å².